The molecule has 7 rings (SSSR count). The van der Waals surface area contributed by atoms with E-state index in [9.17, 15) is 4.79 Å². The van der Waals surface area contributed by atoms with E-state index < -0.39 is 0 Å². The molecule has 2 aromatic heterocycles. The molecule has 7 heteroatoms. The van der Waals surface area contributed by atoms with Gasteiger partial charge in [-0.15, -0.1) is 0 Å². The molecule has 6 nitrogen and oxygen atoms in total. The second kappa shape index (κ2) is 8.30. The van der Waals surface area contributed by atoms with Gasteiger partial charge in [0, 0.05) is 55.4 Å². The smallest absolute Gasteiger partial charge is 0.258 e. The van der Waals surface area contributed by atoms with Crippen LogP contribution in [-0.4, -0.2) is 39.1 Å². The molecule has 0 radical (unpaired) electrons. The normalized spacial score (nSPS) is 27.9. The average Bonchev–Trinajstić information content (AvgIpc) is 3.40. The van der Waals surface area contributed by atoms with Crippen LogP contribution in [0.25, 0.3) is 11.8 Å². The second-order valence-corrected chi connectivity index (χ2v) is 11.1. The maximum absolute atomic E-state index is 12.9. The zero-order chi connectivity index (χ0) is 24.4. The summed E-state index contributed by atoms with van der Waals surface area (Å²) in [7, 11) is 0. The van der Waals surface area contributed by atoms with Gasteiger partial charge in [0.25, 0.3) is 5.56 Å². The fourth-order valence-corrected chi connectivity index (χ4v) is 6.85. The van der Waals surface area contributed by atoms with E-state index in [4.69, 9.17) is 16.3 Å². The van der Waals surface area contributed by atoms with Gasteiger partial charge in [0.1, 0.15) is 12.4 Å². The van der Waals surface area contributed by atoms with Crippen molar-refractivity contribution in [2.24, 2.45) is 11.8 Å². The third kappa shape index (κ3) is 3.54. The van der Waals surface area contributed by atoms with Crippen LogP contribution in [0, 0.1) is 11.8 Å². The highest BCUT2D eigenvalue weighted by molar-refractivity contribution is 6.30. The summed E-state index contributed by atoms with van der Waals surface area (Å²) in [6.45, 7) is 6.07. The van der Waals surface area contributed by atoms with Gasteiger partial charge >= 0.3 is 0 Å². The first kappa shape index (κ1) is 22.3. The number of rotatable bonds is 6. The molecular formula is C29H29ClN4O2. The number of allylic oxidation sites excluding steroid dienone is 1. The molecule has 4 aliphatic rings. The standard InChI is InChI=1S/C29H29ClN4O2/c1-18-26-16-33(27-14-32-29(18,26)27)15-19-2-3-21-11-24(7-4-20(21)10-19)34-9-8-25(12-28(34)35)36-17-23-6-5-22(30)13-31-23/h2-3,5-6,8-13,18,26-27,32H,4,7,14-17H2,1H3. The van der Waals surface area contributed by atoms with Crippen LogP contribution in [0.15, 0.2) is 59.7 Å². The average molecular weight is 501 g/mol. The molecule has 4 unspecified atom stereocenters. The second-order valence-electron chi connectivity index (χ2n) is 10.7. The molecule has 0 amide bonds. The van der Waals surface area contributed by atoms with Crippen molar-refractivity contribution in [3.63, 3.8) is 0 Å². The van der Waals surface area contributed by atoms with Crippen molar-refractivity contribution in [2.75, 3.05) is 13.1 Å². The highest BCUT2D eigenvalue weighted by Crippen LogP contribution is 2.62. The predicted octanol–water partition coefficient (Wildman–Crippen LogP) is 4.21. The largest absolute Gasteiger partial charge is 0.487 e. The number of ether oxygens (including phenoxy) is 1. The van der Waals surface area contributed by atoms with Crippen LogP contribution in [0.5, 0.6) is 5.75 Å². The van der Waals surface area contributed by atoms with Crippen molar-refractivity contribution in [1.82, 2.24) is 19.8 Å². The first-order valence-electron chi connectivity index (χ1n) is 12.8. The van der Waals surface area contributed by atoms with E-state index >= 15 is 0 Å². The lowest BCUT2D eigenvalue weighted by Gasteiger charge is -2.43. The monoisotopic (exact) mass is 500 g/mol. The summed E-state index contributed by atoms with van der Waals surface area (Å²) in [6, 6.07) is 14.5. The fourth-order valence-electron chi connectivity index (χ4n) is 6.74. The van der Waals surface area contributed by atoms with E-state index in [1.165, 1.54) is 23.2 Å². The van der Waals surface area contributed by atoms with E-state index in [-0.39, 0.29) is 12.2 Å². The van der Waals surface area contributed by atoms with Crippen LogP contribution in [0.3, 0.4) is 0 Å². The molecule has 184 valence electrons. The van der Waals surface area contributed by atoms with Gasteiger partial charge in [0.2, 0.25) is 0 Å². The minimum Gasteiger partial charge on any atom is -0.487 e. The minimum absolute atomic E-state index is 0.0900. The van der Waals surface area contributed by atoms with Gasteiger partial charge in [-0.3, -0.25) is 19.2 Å². The van der Waals surface area contributed by atoms with Crippen LogP contribution in [0.4, 0.5) is 0 Å². The summed E-state index contributed by atoms with van der Waals surface area (Å²) >= 11 is 5.88. The Morgan fingerprint density at radius 3 is 2.86 bits per heavy atom. The van der Waals surface area contributed by atoms with Crippen LogP contribution in [0.1, 0.15) is 35.7 Å². The van der Waals surface area contributed by atoms with E-state index in [1.54, 1.807) is 29.1 Å². The van der Waals surface area contributed by atoms with Crippen LogP contribution < -0.4 is 15.6 Å². The van der Waals surface area contributed by atoms with E-state index in [0.717, 1.165) is 49.2 Å². The molecule has 1 saturated carbocycles. The summed E-state index contributed by atoms with van der Waals surface area (Å²) in [4.78, 5) is 19.8. The van der Waals surface area contributed by atoms with E-state index in [0.29, 0.717) is 22.4 Å². The Bertz CT molecular complexity index is 1430. The highest BCUT2D eigenvalue weighted by atomic mass is 35.5. The first-order chi connectivity index (χ1) is 17.5. The lowest BCUT2D eigenvalue weighted by Crippen LogP contribution is -2.64. The molecular weight excluding hydrogens is 472 g/mol. The molecule has 0 bridgehead atoms. The van der Waals surface area contributed by atoms with Crippen molar-refractivity contribution in [3.05, 3.63) is 92.6 Å². The molecule has 3 aromatic rings. The number of benzene rings is 1. The Morgan fingerprint density at radius 1 is 1.19 bits per heavy atom. The lowest BCUT2D eigenvalue weighted by molar-refractivity contribution is 0.110. The summed E-state index contributed by atoms with van der Waals surface area (Å²) in [5.41, 5.74) is 6.10. The number of fused-ring (bicyclic) bond motifs is 1. The summed E-state index contributed by atoms with van der Waals surface area (Å²) < 4.78 is 7.49. The topological polar surface area (TPSA) is 59.4 Å². The van der Waals surface area contributed by atoms with Crippen LogP contribution >= 0.6 is 11.6 Å². The van der Waals surface area contributed by atoms with Gasteiger partial charge in [-0.25, -0.2) is 0 Å². The number of likely N-dealkylation sites (tertiary alicyclic amines) is 1. The quantitative estimate of drug-likeness (QED) is 0.549. The number of halogens is 1. The molecule has 4 atom stereocenters. The molecule has 1 spiro atoms. The Kier molecular flexibility index (Phi) is 5.14. The number of pyridine rings is 2. The zero-order valence-electron chi connectivity index (χ0n) is 20.3. The summed E-state index contributed by atoms with van der Waals surface area (Å²) in [6.07, 6.45) is 7.32. The van der Waals surface area contributed by atoms with Gasteiger partial charge in [-0.1, -0.05) is 36.7 Å². The summed E-state index contributed by atoms with van der Waals surface area (Å²) in [5, 5.41) is 4.31. The van der Waals surface area contributed by atoms with Crippen molar-refractivity contribution in [1.29, 1.82) is 0 Å². The molecule has 4 heterocycles. The summed E-state index contributed by atoms with van der Waals surface area (Å²) in [5.74, 6) is 2.21. The maximum atomic E-state index is 12.9. The SMILES string of the molecule is CC1C2CN(Cc3ccc4c(c3)CCC(n3ccc(OCc5ccc(Cl)cn5)cc3=O)=C4)C3CNC123. The molecule has 3 fully saturated rings. The Balaban J connectivity index is 1.04. The first-order valence-corrected chi connectivity index (χ1v) is 13.2. The molecule has 2 aliphatic heterocycles. The van der Waals surface area contributed by atoms with Crippen molar-refractivity contribution < 1.29 is 4.74 Å². The van der Waals surface area contributed by atoms with Crippen molar-refractivity contribution >= 4 is 23.4 Å². The zero-order valence-corrected chi connectivity index (χ0v) is 21.0. The van der Waals surface area contributed by atoms with E-state index in [2.05, 4.69) is 46.4 Å². The number of hydrogen-bond acceptors (Lipinski definition) is 5. The number of aromatic nitrogens is 2. The third-order valence-electron chi connectivity index (χ3n) is 8.83. The Morgan fingerprint density at radius 2 is 2.11 bits per heavy atom. The van der Waals surface area contributed by atoms with E-state index in [1.807, 2.05) is 12.1 Å². The minimum atomic E-state index is -0.0900. The Hall–Kier alpha value is -2.93. The molecule has 2 saturated heterocycles. The highest BCUT2D eigenvalue weighted by Gasteiger charge is 2.75. The van der Waals surface area contributed by atoms with Gasteiger partial charge in [0.15, 0.2) is 0 Å². The molecule has 1 aromatic carbocycles. The lowest BCUT2D eigenvalue weighted by atomic mass is 9.92. The van der Waals surface area contributed by atoms with Crippen molar-refractivity contribution in [3.8, 4) is 5.75 Å². The van der Waals surface area contributed by atoms with Gasteiger partial charge < -0.3 is 10.1 Å². The number of nitrogens with zero attached hydrogens (tertiary/aromatic N) is 3. The molecule has 2 aliphatic carbocycles. The fraction of sp³-hybridized carbons (Fsp3) is 0.379. The van der Waals surface area contributed by atoms with Gasteiger partial charge in [-0.05, 0) is 65.6 Å². The Labute approximate surface area is 215 Å². The number of nitrogens with one attached hydrogen (secondary N) is 1. The van der Waals surface area contributed by atoms with Crippen LogP contribution in [-0.2, 0) is 19.6 Å². The van der Waals surface area contributed by atoms with Gasteiger partial charge in [0.05, 0.1) is 10.7 Å². The molecule has 36 heavy (non-hydrogen) atoms. The third-order valence-corrected chi connectivity index (χ3v) is 9.05. The van der Waals surface area contributed by atoms with Crippen molar-refractivity contribution in [2.45, 2.75) is 44.5 Å². The number of aryl methyl sites for hydroxylation is 1. The van der Waals surface area contributed by atoms with Crippen LogP contribution in [0.2, 0.25) is 5.02 Å². The van der Waals surface area contributed by atoms with Gasteiger partial charge in [-0.2, -0.15) is 0 Å². The number of hydrogen-bond donors (Lipinski definition) is 1. The predicted molar refractivity (Wildman–Crippen MR) is 141 cm³/mol. The number of piperidine rings is 1. The maximum Gasteiger partial charge on any atom is 0.258 e. The molecule has 1 N–H and O–H groups in total.